The zero-order valence-corrected chi connectivity index (χ0v) is 22.4. The van der Waals surface area contributed by atoms with Crippen LogP contribution in [-0.4, -0.2) is 32.1 Å². The van der Waals surface area contributed by atoms with Gasteiger partial charge in [0.05, 0.1) is 28.7 Å². The van der Waals surface area contributed by atoms with E-state index in [-0.39, 0.29) is 11.4 Å². The fourth-order valence-electron chi connectivity index (χ4n) is 4.15. The summed E-state index contributed by atoms with van der Waals surface area (Å²) < 4.78 is 88.0. The Hall–Kier alpha value is -4.43. The van der Waals surface area contributed by atoms with Gasteiger partial charge in [0, 0.05) is 42.5 Å². The minimum atomic E-state index is -4.74. The van der Waals surface area contributed by atoms with Crippen LogP contribution < -0.4 is 17.0 Å². The van der Waals surface area contributed by atoms with E-state index in [1.807, 2.05) is 0 Å². The molecule has 5 N–H and O–H groups in total. The van der Waals surface area contributed by atoms with Gasteiger partial charge in [-0.25, -0.2) is 19.5 Å². The van der Waals surface area contributed by atoms with Gasteiger partial charge in [0.15, 0.2) is 5.82 Å². The lowest BCUT2D eigenvalue weighted by molar-refractivity contribution is -0.138. The maximum absolute atomic E-state index is 14.4. The average Bonchev–Trinajstić information content (AvgIpc) is 2.92. The van der Waals surface area contributed by atoms with Crippen LogP contribution in [0, 0.1) is 5.82 Å². The van der Waals surface area contributed by atoms with Crippen molar-refractivity contribution in [3.63, 3.8) is 0 Å². The summed E-state index contributed by atoms with van der Waals surface area (Å²) in [6, 6.07) is 2.64. The summed E-state index contributed by atoms with van der Waals surface area (Å²) in [5.74, 6) is -0.821. The number of nitrogens with zero attached hydrogens (tertiary/aromatic N) is 4. The Balaban J connectivity index is 0.000000221. The molecule has 2 aromatic heterocycles. The van der Waals surface area contributed by atoms with Crippen molar-refractivity contribution in [3.8, 4) is 11.4 Å². The highest BCUT2D eigenvalue weighted by Gasteiger charge is 2.36. The average molecular weight is 600 g/mol. The van der Waals surface area contributed by atoms with E-state index in [1.54, 1.807) is 23.2 Å². The van der Waals surface area contributed by atoms with Gasteiger partial charge in [0.1, 0.15) is 11.4 Å². The summed E-state index contributed by atoms with van der Waals surface area (Å²) in [5.41, 5.74) is 8.37. The highest BCUT2D eigenvalue weighted by atomic mass is 19.4. The highest BCUT2D eigenvalue weighted by Crippen LogP contribution is 2.35. The molecule has 1 aliphatic carbocycles. The van der Waals surface area contributed by atoms with Crippen LogP contribution in [0.15, 0.2) is 48.3 Å². The number of rotatable bonds is 1. The molecule has 0 bridgehead atoms. The van der Waals surface area contributed by atoms with Crippen LogP contribution in [0.3, 0.4) is 0 Å². The second-order valence-corrected chi connectivity index (χ2v) is 9.46. The molecule has 42 heavy (non-hydrogen) atoms. The first-order valence-electron chi connectivity index (χ1n) is 12.6. The Kier molecular flexibility index (Phi) is 9.96. The molecule has 0 radical (unpaired) electrons. The van der Waals surface area contributed by atoms with E-state index in [2.05, 4.69) is 21.6 Å². The molecular formula is C27H28F7N7O. The van der Waals surface area contributed by atoms with Crippen molar-refractivity contribution in [2.24, 2.45) is 5.73 Å². The van der Waals surface area contributed by atoms with Crippen molar-refractivity contribution in [2.75, 3.05) is 12.8 Å². The van der Waals surface area contributed by atoms with Crippen LogP contribution in [0.1, 0.15) is 60.8 Å². The summed E-state index contributed by atoms with van der Waals surface area (Å²) >= 11 is 0. The molecule has 1 aliphatic heterocycles. The van der Waals surface area contributed by atoms with Crippen molar-refractivity contribution in [1.29, 1.82) is 0 Å². The molecule has 0 spiro atoms. The molecule has 0 amide bonds. The van der Waals surface area contributed by atoms with Crippen molar-refractivity contribution < 1.29 is 30.7 Å². The number of nitrogens with one attached hydrogen (secondary N) is 1. The van der Waals surface area contributed by atoms with Crippen molar-refractivity contribution in [3.05, 3.63) is 81.9 Å². The molecule has 1 fully saturated rings. The largest absolute Gasteiger partial charge is 0.423 e. The number of hydrogen-bond donors (Lipinski definition) is 3. The quantitative estimate of drug-likeness (QED) is 0.285. The Labute approximate surface area is 236 Å². The molecule has 0 unspecified atom stereocenters. The smallest absolute Gasteiger partial charge is 0.397 e. The first-order valence-corrected chi connectivity index (χ1v) is 12.6. The van der Waals surface area contributed by atoms with Gasteiger partial charge in [-0.15, -0.1) is 0 Å². The molecule has 5 rings (SSSR count). The Morgan fingerprint density at radius 2 is 1.40 bits per heavy atom. The maximum atomic E-state index is 14.4. The van der Waals surface area contributed by atoms with E-state index in [1.165, 1.54) is 50.7 Å². The SMILES string of the molecule is C1CCCCC1.C=C1c2cc(F)c(-c3ncc(C(F)(F)F)cn3)cc2C(N)=CN1C.Nc1cn[nH]c(=O)c1C(F)(F)F. The number of H-pyrrole nitrogens is 1. The fraction of sp³-hybridized carbons (Fsp3) is 0.333. The lowest BCUT2D eigenvalue weighted by Crippen LogP contribution is -2.24. The third-order valence-corrected chi connectivity index (χ3v) is 6.38. The van der Waals surface area contributed by atoms with Crippen molar-refractivity contribution in [1.82, 2.24) is 25.1 Å². The van der Waals surface area contributed by atoms with Crippen LogP contribution in [0.25, 0.3) is 22.8 Å². The number of nitrogen functional groups attached to an aromatic ring is 1. The molecule has 1 aromatic carbocycles. The molecule has 0 atom stereocenters. The minimum absolute atomic E-state index is 0.0313. The number of benzene rings is 1. The van der Waals surface area contributed by atoms with Gasteiger partial charge in [-0.2, -0.15) is 31.4 Å². The highest BCUT2D eigenvalue weighted by molar-refractivity contribution is 5.84. The van der Waals surface area contributed by atoms with E-state index in [0.29, 0.717) is 34.9 Å². The number of halogens is 7. The number of aromatic nitrogens is 4. The third kappa shape index (κ3) is 7.85. The second-order valence-electron chi connectivity index (χ2n) is 9.46. The molecule has 1 saturated carbocycles. The summed E-state index contributed by atoms with van der Waals surface area (Å²) in [7, 11) is 1.73. The van der Waals surface area contributed by atoms with E-state index in [4.69, 9.17) is 11.5 Å². The van der Waals surface area contributed by atoms with Gasteiger partial charge in [0.2, 0.25) is 0 Å². The number of fused-ring (bicyclic) bond motifs is 1. The molecule has 2 aliphatic rings. The molecule has 226 valence electrons. The lowest BCUT2D eigenvalue weighted by atomic mass is 9.96. The summed E-state index contributed by atoms with van der Waals surface area (Å²) in [4.78, 5) is 19.5. The second kappa shape index (κ2) is 13.0. The topological polar surface area (TPSA) is 127 Å². The van der Waals surface area contributed by atoms with Gasteiger partial charge >= 0.3 is 12.4 Å². The standard InChI is InChI=1S/C16H12F4N4.C6H12.C5H4F3N3O/c1-8-10-4-13(17)12(3-11(10)14(21)7-24(8)2)15-22-5-9(6-23-15)16(18,19)20;1-2-4-6-5-3-1;6-5(7,8)3-2(9)1-10-11-4(3)12/h3-7H,1,21H2,2H3;1-6H2;1H,(H3,9,11,12). The number of anilines is 1. The van der Waals surface area contributed by atoms with E-state index in [9.17, 15) is 35.5 Å². The van der Waals surface area contributed by atoms with Gasteiger partial charge < -0.3 is 16.4 Å². The molecule has 0 saturated heterocycles. The lowest BCUT2D eigenvalue weighted by Gasteiger charge is -2.26. The summed E-state index contributed by atoms with van der Waals surface area (Å²) in [6.45, 7) is 3.86. The van der Waals surface area contributed by atoms with Crippen LogP contribution in [-0.2, 0) is 12.4 Å². The molecule has 3 aromatic rings. The maximum Gasteiger partial charge on any atom is 0.423 e. The van der Waals surface area contributed by atoms with Crippen LogP contribution >= 0.6 is 0 Å². The Bertz CT molecular complexity index is 1480. The van der Waals surface area contributed by atoms with E-state index < -0.39 is 40.5 Å². The Morgan fingerprint density at radius 3 is 1.86 bits per heavy atom. The predicted octanol–water partition coefficient (Wildman–Crippen LogP) is 6.19. The summed E-state index contributed by atoms with van der Waals surface area (Å²) in [5, 5.41) is 4.74. The van der Waals surface area contributed by atoms with Crippen LogP contribution in [0.2, 0.25) is 0 Å². The molecule has 8 nitrogen and oxygen atoms in total. The molecular weight excluding hydrogens is 571 g/mol. The number of alkyl halides is 6. The van der Waals surface area contributed by atoms with E-state index >= 15 is 0 Å². The third-order valence-electron chi connectivity index (χ3n) is 6.38. The van der Waals surface area contributed by atoms with Gasteiger partial charge in [-0.3, -0.25) is 4.79 Å². The monoisotopic (exact) mass is 599 g/mol. The fourth-order valence-corrected chi connectivity index (χ4v) is 4.15. The van der Waals surface area contributed by atoms with Crippen molar-refractivity contribution >= 4 is 17.1 Å². The predicted molar refractivity (Wildman–Crippen MR) is 143 cm³/mol. The first-order chi connectivity index (χ1) is 19.6. The minimum Gasteiger partial charge on any atom is -0.397 e. The normalized spacial score (nSPS) is 15.0. The van der Waals surface area contributed by atoms with E-state index in [0.717, 1.165) is 6.20 Å². The van der Waals surface area contributed by atoms with Gasteiger partial charge in [-0.1, -0.05) is 45.1 Å². The van der Waals surface area contributed by atoms with Crippen molar-refractivity contribution in [2.45, 2.75) is 50.9 Å². The summed E-state index contributed by atoms with van der Waals surface area (Å²) in [6.07, 6.45) is 3.31. The first kappa shape index (κ1) is 32.1. The zero-order valence-electron chi connectivity index (χ0n) is 22.4. The Morgan fingerprint density at radius 1 is 0.857 bits per heavy atom. The zero-order chi connectivity index (χ0) is 31.2. The van der Waals surface area contributed by atoms with Crippen LogP contribution in [0.4, 0.5) is 36.4 Å². The molecule has 15 heteroatoms. The van der Waals surface area contributed by atoms with Crippen LogP contribution in [0.5, 0.6) is 0 Å². The number of nitrogens with two attached hydrogens (primary N) is 2. The number of hydrogen-bond acceptors (Lipinski definition) is 7. The number of aromatic amines is 1. The van der Waals surface area contributed by atoms with Gasteiger partial charge in [0.25, 0.3) is 5.56 Å². The molecule has 3 heterocycles. The van der Waals surface area contributed by atoms with Gasteiger partial charge in [-0.05, 0) is 12.1 Å².